The lowest BCUT2D eigenvalue weighted by Crippen LogP contribution is -2.02. The van der Waals surface area contributed by atoms with Gasteiger partial charge < -0.3 is 9.15 Å². The van der Waals surface area contributed by atoms with Crippen LogP contribution in [0.25, 0.3) is 0 Å². The highest BCUT2D eigenvalue weighted by Crippen LogP contribution is 2.07. The maximum atomic E-state index is 11.3. The number of halogens is 1. The molecule has 0 N–H and O–H groups in total. The lowest BCUT2D eigenvalue weighted by molar-refractivity contribution is -0.137. The van der Waals surface area contributed by atoms with Crippen molar-refractivity contribution in [3.63, 3.8) is 0 Å². The summed E-state index contributed by atoms with van der Waals surface area (Å²) in [4.78, 5) is 22.1. The van der Waals surface area contributed by atoms with Crippen LogP contribution in [0.1, 0.15) is 31.2 Å². The molecule has 106 valence electrons. The standard InChI is InChI=1S/C15H15BrO4/c1-2-14(17)19-9-7-5-3-4-6-8-12-10-13(16)11-20-15(12)18/h2,10-11H,1,3-5,7,9H2. The van der Waals surface area contributed by atoms with E-state index in [1.165, 1.54) is 6.26 Å². The molecule has 0 aliphatic rings. The molecule has 0 fully saturated rings. The van der Waals surface area contributed by atoms with Crippen molar-refractivity contribution in [1.82, 2.24) is 0 Å². The smallest absolute Gasteiger partial charge is 0.351 e. The maximum Gasteiger partial charge on any atom is 0.351 e. The molecule has 0 saturated carbocycles. The van der Waals surface area contributed by atoms with Crippen LogP contribution in [-0.4, -0.2) is 12.6 Å². The van der Waals surface area contributed by atoms with Gasteiger partial charge in [0, 0.05) is 12.5 Å². The van der Waals surface area contributed by atoms with Crippen molar-refractivity contribution in [3.05, 3.63) is 45.4 Å². The number of carbonyl (C=O) groups excluding carboxylic acids is 1. The lowest BCUT2D eigenvalue weighted by atomic mass is 10.2. The lowest BCUT2D eigenvalue weighted by Gasteiger charge is -2.00. The summed E-state index contributed by atoms with van der Waals surface area (Å²) in [5.41, 5.74) is -0.0867. The minimum absolute atomic E-state index is 0.347. The Kier molecular flexibility index (Phi) is 7.44. The monoisotopic (exact) mass is 338 g/mol. The van der Waals surface area contributed by atoms with Crippen LogP contribution in [0.5, 0.6) is 0 Å². The third kappa shape index (κ3) is 6.39. The normalized spacial score (nSPS) is 9.45. The molecule has 20 heavy (non-hydrogen) atoms. The van der Waals surface area contributed by atoms with Crippen molar-refractivity contribution in [2.75, 3.05) is 6.61 Å². The quantitative estimate of drug-likeness (QED) is 0.346. The molecule has 0 spiro atoms. The second-order valence-corrected chi connectivity index (χ2v) is 4.87. The van der Waals surface area contributed by atoms with Crippen LogP contribution in [0.4, 0.5) is 0 Å². The van der Waals surface area contributed by atoms with Crippen molar-refractivity contribution in [3.8, 4) is 11.8 Å². The van der Waals surface area contributed by atoms with Crippen LogP contribution in [0.3, 0.4) is 0 Å². The summed E-state index contributed by atoms with van der Waals surface area (Å²) in [6.07, 6.45) is 5.75. The highest BCUT2D eigenvalue weighted by molar-refractivity contribution is 9.10. The molecule has 1 aromatic rings. The minimum atomic E-state index is -0.433. The van der Waals surface area contributed by atoms with Crippen LogP contribution in [0, 0.1) is 11.8 Å². The molecule has 0 amide bonds. The fourth-order valence-electron chi connectivity index (χ4n) is 1.37. The summed E-state index contributed by atoms with van der Waals surface area (Å²) in [5.74, 6) is 5.32. The molecule has 0 aromatic carbocycles. The Morgan fingerprint density at radius 1 is 1.45 bits per heavy atom. The van der Waals surface area contributed by atoms with Gasteiger partial charge in [-0.15, -0.1) is 0 Å². The Morgan fingerprint density at radius 2 is 2.25 bits per heavy atom. The van der Waals surface area contributed by atoms with E-state index in [4.69, 9.17) is 9.15 Å². The molecule has 5 heteroatoms. The number of hydrogen-bond donors (Lipinski definition) is 0. The van der Waals surface area contributed by atoms with Gasteiger partial charge in [0.05, 0.1) is 11.1 Å². The summed E-state index contributed by atoms with van der Waals surface area (Å²) in [5, 5.41) is 0. The Balaban J connectivity index is 2.23. The van der Waals surface area contributed by atoms with Crippen molar-refractivity contribution < 1.29 is 13.9 Å². The third-order valence-electron chi connectivity index (χ3n) is 2.36. The highest BCUT2D eigenvalue weighted by atomic mass is 79.9. The first-order chi connectivity index (χ1) is 9.63. The summed E-state index contributed by atoms with van der Waals surface area (Å²) < 4.78 is 10.3. The number of hydrogen-bond acceptors (Lipinski definition) is 4. The fraction of sp³-hybridized carbons (Fsp3) is 0.333. The van der Waals surface area contributed by atoms with Gasteiger partial charge in [-0.25, -0.2) is 9.59 Å². The van der Waals surface area contributed by atoms with E-state index in [1.807, 2.05) is 0 Å². The number of carbonyl (C=O) groups is 1. The number of unbranched alkanes of at least 4 members (excludes halogenated alkanes) is 3. The predicted octanol–water partition coefficient (Wildman–Crippen LogP) is 3.04. The van der Waals surface area contributed by atoms with Gasteiger partial charge in [0.15, 0.2) is 0 Å². The second-order valence-electron chi connectivity index (χ2n) is 3.95. The van der Waals surface area contributed by atoms with Crippen LogP contribution in [0.15, 0.2) is 38.7 Å². The van der Waals surface area contributed by atoms with Crippen LogP contribution < -0.4 is 5.63 Å². The first-order valence-corrected chi connectivity index (χ1v) is 6.99. The molecule has 0 aliphatic heterocycles. The van der Waals surface area contributed by atoms with Gasteiger partial charge in [-0.3, -0.25) is 0 Å². The van der Waals surface area contributed by atoms with Crippen LogP contribution in [0.2, 0.25) is 0 Å². The Hall–Kier alpha value is -1.80. The molecule has 0 radical (unpaired) electrons. The van der Waals surface area contributed by atoms with Gasteiger partial charge in [-0.1, -0.05) is 18.4 Å². The molecule has 0 saturated heterocycles. The number of rotatable bonds is 6. The van der Waals surface area contributed by atoms with Crippen molar-refractivity contribution in [2.45, 2.75) is 25.7 Å². The van der Waals surface area contributed by atoms with E-state index in [2.05, 4.69) is 34.3 Å². The maximum absolute atomic E-state index is 11.3. The molecule has 4 nitrogen and oxygen atoms in total. The van der Waals surface area contributed by atoms with Gasteiger partial charge >= 0.3 is 11.6 Å². The molecule has 1 rings (SSSR count). The van der Waals surface area contributed by atoms with Crippen molar-refractivity contribution >= 4 is 21.9 Å². The minimum Gasteiger partial charge on any atom is -0.463 e. The second kappa shape index (κ2) is 9.16. The molecule has 1 aromatic heterocycles. The molecule has 0 atom stereocenters. The van der Waals surface area contributed by atoms with E-state index < -0.39 is 11.6 Å². The molecule has 0 bridgehead atoms. The summed E-state index contributed by atoms with van der Waals surface area (Å²) in [7, 11) is 0. The van der Waals surface area contributed by atoms with Crippen molar-refractivity contribution in [2.24, 2.45) is 0 Å². The average Bonchev–Trinajstić information content (AvgIpc) is 2.44. The van der Waals surface area contributed by atoms with Crippen LogP contribution >= 0.6 is 15.9 Å². The molecular weight excluding hydrogens is 324 g/mol. The summed E-state index contributed by atoms with van der Waals surface area (Å²) in [6, 6.07) is 1.63. The third-order valence-corrected chi connectivity index (χ3v) is 2.78. The van der Waals surface area contributed by atoms with E-state index in [0.29, 0.717) is 23.1 Å². The van der Waals surface area contributed by atoms with Gasteiger partial charge in [-0.2, -0.15) is 0 Å². The Labute approximate surface area is 125 Å². The molecule has 0 unspecified atom stereocenters. The Bertz CT molecular complexity index is 578. The molecule has 1 heterocycles. The van der Waals surface area contributed by atoms with E-state index in [-0.39, 0.29) is 0 Å². The van der Waals surface area contributed by atoms with E-state index in [9.17, 15) is 9.59 Å². The topological polar surface area (TPSA) is 56.5 Å². The average molecular weight is 339 g/mol. The zero-order valence-corrected chi connectivity index (χ0v) is 12.6. The predicted molar refractivity (Wildman–Crippen MR) is 79.2 cm³/mol. The highest BCUT2D eigenvalue weighted by Gasteiger charge is 1.98. The summed E-state index contributed by atoms with van der Waals surface area (Å²) >= 11 is 3.22. The van der Waals surface area contributed by atoms with Gasteiger partial charge in [0.25, 0.3) is 0 Å². The van der Waals surface area contributed by atoms with Gasteiger partial charge in [-0.05, 0) is 41.3 Å². The number of ether oxygens (including phenoxy) is 1. The number of esters is 1. The zero-order chi connectivity index (χ0) is 14.8. The zero-order valence-electron chi connectivity index (χ0n) is 11.0. The molecule has 0 aliphatic carbocycles. The molecular formula is C15H15BrO4. The first kappa shape index (κ1) is 16.3. The van der Waals surface area contributed by atoms with Gasteiger partial charge in [0.1, 0.15) is 11.8 Å². The first-order valence-electron chi connectivity index (χ1n) is 6.20. The van der Waals surface area contributed by atoms with E-state index >= 15 is 0 Å². The largest absolute Gasteiger partial charge is 0.463 e. The van der Waals surface area contributed by atoms with E-state index in [0.717, 1.165) is 25.3 Å². The van der Waals surface area contributed by atoms with Crippen molar-refractivity contribution in [1.29, 1.82) is 0 Å². The Morgan fingerprint density at radius 3 is 3.00 bits per heavy atom. The van der Waals surface area contributed by atoms with E-state index in [1.54, 1.807) is 6.07 Å². The SMILES string of the molecule is C=CC(=O)OCCCCCC#Cc1cc(Br)coc1=O. The fourth-order valence-corrected chi connectivity index (χ4v) is 1.70. The van der Waals surface area contributed by atoms with Gasteiger partial charge in [0.2, 0.25) is 0 Å². The van der Waals surface area contributed by atoms with Crippen LogP contribution in [-0.2, 0) is 9.53 Å². The summed E-state index contributed by atoms with van der Waals surface area (Å²) in [6.45, 7) is 3.71.